The van der Waals surface area contributed by atoms with E-state index in [9.17, 15) is 15.0 Å². The maximum Gasteiger partial charge on any atom is 0.253 e. The summed E-state index contributed by atoms with van der Waals surface area (Å²) in [6.45, 7) is 1.12. The van der Waals surface area contributed by atoms with Crippen molar-refractivity contribution in [3.63, 3.8) is 0 Å². The topological polar surface area (TPSA) is 69.6 Å². The van der Waals surface area contributed by atoms with Crippen molar-refractivity contribution < 1.29 is 15.0 Å². The molecule has 0 radical (unpaired) electrons. The Bertz CT molecular complexity index is 427. The van der Waals surface area contributed by atoms with Gasteiger partial charge in [-0.3, -0.25) is 4.79 Å². The van der Waals surface area contributed by atoms with Gasteiger partial charge in [-0.15, -0.1) is 0 Å². The lowest BCUT2D eigenvalue weighted by Gasteiger charge is -2.29. The number of carbonyl (C=O) groups is 1. The van der Waals surface area contributed by atoms with Gasteiger partial charge in [0.05, 0.1) is 24.3 Å². The first-order valence-electron chi connectivity index (χ1n) is 5.47. The molecule has 0 aliphatic carbocycles. The second-order valence-corrected chi connectivity index (χ2v) is 5.32. The van der Waals surface area contributed by atoms with Crippen molar-refractivity contribution in [1.82, 2.24) is 5.32 Å². The number of benzene rings is 1. The first kappa shape index (κ1) is 15.4. The number of nitrogens with one attached hydrogen (secondary N) is 1. The van der Waals surface area contributed by atoms with E-state index in [0.717, 1.165) is 0 Å². The number of aliphatic hydroxyl groups excluding tert-OH is 2. The molecule has 0 aromatic heterocycles. The first-order valence-corrected chi connectivity index (χ1v) is 6.64. The lowest BCUT2D eigenvalue weighted by atomic mass is 9.98. The highest BCUT2D eigenvalue weighted by Gasteiger charge is 2.29. The zero-order chi connectivity index (χ0) is 13.8. The number of hydrogen-bond donors (Lipinski definition) is 3. The maximum atomic E-state index is 12.1. The van der Waals surface area contributed by atoms with Crippen molar-refractivity contribution in [3.8, 4) is 0 Å². The van der Waals surface area contributed by atoms with E-state index in [4.69, 9.17) is 11.6 Å². The van der Waals surface area contributed by atoms with Gasteiger partial charge in [-0.25, -0.2) is 0 Å². The molecule has 1 amide bonds. The largest absolute Gasteiger partial charge is 0.394 e. The molecule has 4 nitrogen and oxygen atoms in total. The lowest BCUT2D eigenvalue weighted by molar-refractivity contribution is 0.0652. The summed E-state index contributed by atoms with van der Waals surface area (Å²) >= 11 is 9.09. The molecule has 0 saturated heterocycles. The first-order chi connectivity index (χ1) is 8.48. The number of carbonyl (C=O) groups excluding carboxylic acids is 1. The fourth-order valence-corrected chi connectivity index (χ4v) is 2.02. The molecule has 0 unspecified atom stereocenters. The van der Waals surface area contributed by atoms with E-state index in [0.29, 0.717) is 21.5 Å². The van der Waals surface area contributed by atoms with Crippen LogP contribution in [0.1, 0.15) is 23.7 Å². The van der Waals surface area contributed by atoms with E-state index in [2.05, 4.69) is 21.2 Å². The van der Waals surface area contributed by atoms with Crippen LogP contribution in [0, 0.1) is 0 Å². The average Bonchev–Trinajstić information content (AvgIpc) is 2.38. The van der Waals surface area contributed by atoms with Crippen molar-refractivity contribution in [3.05, 3.63) is 33.3 Å². The van der Waals surface area contributed by atoms with Crippen LogP contribution in [-0.2, 0) is 0 Å². The Balaban J connectivity index is 2.97. The van der Waals surface area contributed by atoms with Gasteiger partial charge in [0.15, 0.2) is 0 Å². The molecule has 1 aromatic rings. The number of amides is 1. The molecule has 0 spiro atoms. The van der Waals surface area contributed by atoms with Crippen molar-refractivity contribution in [2.24, 2.45) is 0 Å². The van der Waals surface area contributed by atoms with Crippen LogP contribution in [0.15, 0.2) is 22.7 Å². The molecule has 6 heteroatoms. The molecular formula is C12H15BrClNO3. The van der Waals surface area contributed by atoms with Crippen LogP contribution in [0.5, 0.6) is 0 Å². The molecule has 100 valence electrons. The third-order valence-electron chi connectivity index (χ3n) is 2.83. The van der Waals surface area contributed by atoms with Gasteiger partial charge >= 0.3 is 0 Å². The fourth-order valence-electron chi connectivity index (χ4n) is 1.42. The zero-order valence-electron chi connectivity index (χ0n) is 9.91. The Morgan fingerprint density at radius 1 is 1.44 bits per heavy atom. The second-order valence-electron chi connectivity index (χ2n) is 4.03. The molecule has 0 fully saturated rings. The van der Waals surface area contributed by atoms with E-state index < -0.39 is 11.4 Å². The fraction of sp³-hybridized carbons (Fsp3) is 0.417. The molecule has 0 bridgehead atoms. The van der Waals surface area contributed by atoms with Crippen molar-refractivity contribution in [2.75, 3.05) is 13.2 Å². The lowest BCUT2D eigenvalue weighted by Crippen LogP contribution is -2.53. The van der Waals surface area contributed by atoms with Crippen LogP contribution in [0.2, 0.25) is 5.02 Å². The summed E-state index contributed by atoms with van der Waals surface area (Å²) in [6, 6.07) is 4.85. The highest BCUT2D eigenvalue weighted by atomic mass is 79.9. The third-order valence-corrected chi connectivity index (χ3v) is 3.76. The summed E-state index contributed by atoms with van der Waals surface area (Å²) in [4.78, 5) is 12.1. The molecule has 0 aliphatic heterocycles. The van der Waals surface area contributed by atoms with E-state index >= 15 is 0 Å². The highest BCUT2D eigenvalue weighted by molar-refractivity contribution is 9.10. The average molecular weight is 337 g/mol. The molecule has 0 aliphatic rings. The number of hydrogen-bond acceptors (Lipinski definition) is 3. The van der Waals surface area contributed by atoms with E-state index in [1.54, 1.807) is 19.1 Å². The minimum atomic E-state index is -1.02. The number of aliphatic hydroxyl groups is 2. The van der Waals surface area contributed by atoms with Crippen LogP contribution in [0.4, 0.5) is 0 Å². The normalized spacial score (nSPS) is 11.4. The minimum absolute atomic E-state index is 0.329. The van der Waals surface area contributed by atoms with Gasteiger partial charge in [0.2, 0.25) is 0 Å². The van der Waals surface area contributed by atoms with Gasteiger partial charge < -0.3 is 15.5 Å². The zero-order valence-corrected chi connectivity index (χ0v) is 12.3. The quantitative estimate of drug-likeness (QED) is 0.770. The summed E-state index contributed by atoms with van der Waals surface area (Å²) in [5.74, 6) is -0.394. The Morgan fingerprint density at radius 2 is 2.06 bits per heavy atom. The smallest absolute Gasteiger partial charge is 0.253 e. The minimum Gasteiger partial charge on any atom is -0.394 e. The van der Waals surface area contributed by atoms with Crippen LogP contribution in [0.25, 0.3) is 0 Å². The molecule has 18 heavy (non-hydrogen) atoms. The molecule has 0 atom stereocenters. The number of halogens is 2. The second kappa shape index (κ2) is 6.52. The molecule has 1 rings (SSSR count). The predicted octanol–water partition coefficient (Wildman–Crippen LogP) is 1.97. The summed E-state index contributed by atoms with van der Waals surface area (Å²) in [5.41, 5.74) is -0.652. The van der Waals surface area contributed by atoms with Crippen LogP contribution in [-0.4, -0.2) is 34.9 Å². The summed E-state index contributed by atoms with van der Waals surface area (Å²) in [5, 5.41) is 21.6. The summed E-state index contributed by atoms with van der Waals surface area (Å²) in [7, 11) is 0. The molecule has 0 saturated carbocycles. The Hall–Kier alpha value is -0.620. The Labute approximate surface area is 119 Å². The van der Waals surface area contributed by atoms with E-state index in [1.165, 1.54) is 6.07 Å². The molecule has 3 N–H and O–H groups in total. The van der Waals surface area contributed by atoms with Crippen LogP contribution in [0.3, 0.4) is 0 Å². The highest BCUT2D eigenvalue weighted by Crippen LogP contribution is 2.22. The van der Waals surface area contributed by atoms with Gasteiger partial charge in [0.25, 0.3) is 5.91 Å². The Morgan fingerprint density at radius 3 is 2.56 bits per heavy atom. The van der Waals surface area contributed by atoms with Crippen molar-refractivity contribution in [2.45, 2.75) is 18.9 Å². The van der Waals surface area contributed by atoms with Crippen LogP contribution < -0.4 is 5.32 Å². The standard InChI is InChI=1S/C12H15BrClNO3/c1-2-12(6-16,7-17)15-11(18)9-5-8(14)3-4-10(9)13/h3-5,16-17H,2,6-7H2,1H3,(H,15,18). The van der Waals surface area contributed by atoms with Crippen molar-refractivity contribution >= 4 is 33.4 Å². The summed E-state index contributed by atoms with van der Waals surface area (Å²) in [6.07, 6.45) is 0.421. The van der Waals surface area contributed by atoms with Crippen LogP contribution >= 0.6 is 27.5 Å². The number of rotatable bonds is 5. The maximum absolute atomic E-state index is 12.1. The van der Waals surface area contributed by atoms with Gasteiger partial charge in [-0.05, 0) is 40.5 Å². The monoisotopic (exact) mass is 335 g/mol. The Kier molecular flexibility index (Phi) is 5.59. The van der Waals surface area contributed by atoms with Crippen molar-refractivity contribution in [1.29, 1.82) is 0 Å². The molecule has 1 aromatic carbocycles. The van der Waals surface area contributed by atoms with Gasteiger partial charge in [-0.2, -0.15) is 0 Å². The predicted molar refractivity (Wildman–Crippen MR) is 73.8 cm³/mol. The molecular weight excluding hydrogens is 321 g/mol. The SMILES string of the molecule is CCC(CO)(CO)NC(=O)c1cc(Cl)ccc1Br. The van der Waals surface area contributed by atoms with E-state index in [-0.39, 0.29) is 13.2 Å². The van der Waals surface area contributed by atoms with Gasteiger partial charge in [-0.1, -0.05) is 18.5 Å². The molecule has 0 heterocycles. The summed E-state index contributed by atoms with van der Waals surface area (Å²) < 4.78 is 0.602. The van der Waals surface area contributed by atoms with E-state index in [1.807, 2.05) is 0 Å². The van der Waals surface area contributed by atoms with Gasteiger partial charge in [0, 0.05) is 9.50 Å². The third kappa shape index (κ3) is 3.45. The van der Waals surface area contributed by atoms with Gasteiger partial charge in [0.1, 0.15) is 0 Å².